The van der Waals surface area contributed by atoms with Crippen LogP contribution in [-0.2, 0) is 6.61 Å². The molecule has 0 fully saturated rings. The van der Waals surface area contributed by atoms with Crippen molar-refractivity contribution in [1.29, 1.82) is 0 Å². The summed E-state index contributed by atoms with van der Waals surface area (Å²) in [6.07, 6.45) is 2.76. The van der Waals surface area contributed by atoms with Gasteiger partial charge in [-0.25, -0.2) is 14.8 Å². The van der Waals surface area contributed by atoms with Gasteiger partial charge in [-0.05, 0) is 48.9 Å². The average Bonchev–Trinajstić information content (AvgIpc) is 2.86. The molecule has 0 aliphatic rings. The summed E-state index contributed by atoms with van der Waals surface area (Å²) in [4.78, 5) is 25.1. The first-order chi connectivity index (χ1) is 17.0. The third kappa shape index (κ3) is 6.27. The summed E-state index contributed by atoms with van der Waals surface area (Å²) in [5.74, 6) is 1.71. The molecule has 0 unspecified atom stereocenters. The number of nitrogens with zero attached hydrogens (tertiary/aromatic N) is 4. The summed E-state index contributed by atoms with van der Waals surface area (Å²) < 4.78 is 11.7. The summed E-state index contributed by atoms with van der Waals surface area (Å²) in [5, 5.41) is 13.4. The molecule has 2 N–H and O–H groups in total. The van der Waals surface area contributed by atoms with Crippen LogP contribution in [-0.4, -0.2) is 51.3 Å². The Morgan fingerprint density at radius 3 is 2.71 bits per heavy atom. The van der Waals surface area contributed by atoms with Gasteiger partial charge in [0.05, 0.1) is 28.2 Å². The van der Waals surface area contributed by atoms with Crippen LogP contribution in [0.15, 0.2) is 67.1 Å². The van der Waals surface area contributed by atoms with Gasteiger partial charge >= 0.3 is 6.09 Å². The Morgan fingerprint density at radius 1 is 1.06 bits per heavy atom. The molecule has 2 heterocycles. The smallest absolute Gasteiger partial charge is 0.407 e. The van der Waals surface area contributed by atoms with Gasteiger partial charge < -0.3 is 24.8 Å². The lowest BCUT2D eigenvalue weighted by Crippen LogP contribution is -2.26. The molecular weight excluding hydrogens is 470 g/mol. The minimum absolute atomic E-state index is 0.312. The molecule has 9 nitrogen and oxygen atoms in total. The number of hydrogen-bond donors (Lipinski definition) is 2. The van der Waals surface area contributed by atoms with Crippen molar-refractivity contribution in [2.45, 2.75) is 13.0 Å². The average molecular weight is 494 g/mol. The Morgan fingerprint density at radius 2 is 1.94 bits per heavy atom. The molecule has 0 spiro atoms. The van der Waals surface area contributed by atoms with Crippen LogP contribution in [0.4, 0.5) is 16.3 Å². The maximum absolute atomic E-state index is 10.9. The van der Waals surface area contributed by atoms with Crippen LogP contribution in [0.5, 0.6) is 11.5 Å². The molecule has 0 radical (unpaired) electrons. The van der Waals surface area contributed by atoms with Gasteiger partial charge in [0.25, 0.3) is 0 Å². The number of amides is 1. The van der Waals surface area contributed by atoms with Crippen LogP contribution in [0, 0.1) is 0 Å². The number of ether oxygens (including phenoxy) is 2. The number of rotatable bonds is 10. The number of aromatic nitrogens is 3. The minimum Gasteiger partial charge on any atom is -0.493 e. The van der Waals surface area contributed by atoms with Crippen LogP contribution in [0.1, 0.15) is 12.1 Å². The van der Waals surface area contributed by atoms with E-state index in [-0.39, 0.29) is 0 Å². The quantitative estimate of drug-likeness (QED) is 0.283. The number of anilines is 2. The summed E-state index contributed by atoms with van der Waals surface area (Å²) in [6.45, 7) is 1.03. The molecule has 0 saturated heterocycles. The highest BCUT2D eigenvalue weighted by Gasteiger charge is 2.12. The predicted molar refractivity (Wildman–Crippen MR) is 134 cm³/mol. The number of carboxylic acid groups (broad SMARTS) is 1. The van der Waals surface area contributed by atoms with E-state index in [0.29, 0.717) is 59.4 Å². The molecule has 2 aromatic carbocycles. The van der Waals surface area contributed by atoms with Crippen molar-refractivity contribution in [1.82, 2.24) is 19.9 Å². The first-order valence-electron chi connectivity index (χ1n) is 10.9. The van der Waals surface area contributed by atoms with E-state index >= 15 is 0 Å². The molecule has 1 amide bonds. The maximum Gasteiger partial charge on any atom is 0.407 e. The maximum atomic E-state index is 10.9. The fourth-order valence-electron chi connectivity index (χ4n) is 3.34. The highest BCUT2D eigenvalue weighted by molar-refractivity contribution is 6.32. The van der Waals surface area contributed by atoms with Gasteiger partial charge in [-0.1, -0.05) is 23.7 Å². The number of nitrogens with one attached hydrogen (secondary N) is 1. The molecule has 10 heteroatoms. The molecule has 4 rings (SSSR count). The van der Waals surface area contributed by atoms with Crippen molar-refractivity contribution in [3.8, 4) is 11.5 Å². The molecule has 0 aliphatic carbocycles. The Kier molecular flexibility index (Phi) is 7.79. The predicted octanol–water partition coefficient (Wildman–Crippen LogP) is 5.38. The number of carbonyl (C=O) groups is 1. The number of halogens is 1. The van der Waals surface area contributed by atoms with Crippen LogP contribution < -0.4 is 14.8 Å². The second-order valence-corrected chi connectivity index (χ2v) is 8.07. The molecule has 0 aliphatic heterocycles. The Hall–Kier alpha value is -4.11. The summed E-state index contributed by atoms with van der Waals surface area (Å²) in [5.41, 5.74) is 2.24. The van der Waals surface area contributed by atoms with Crippen LogP contribution >= 0.6 is 11.6 Å². The monoisotopic (exact) mass is 493 g/mol. The van der Waals surface area contributed by atoms with Crippen molar-refractivity contribution in [3.05, 3.63) is 77.8 Å². The Labute approximate surface area is 207 Å². The summed E-state index contributed by atoms with van der Waals surface area (Å²) in [6, 6.07) is 16.6. The van der Waals surface area contributed by atoms with E-state index in [1.165, 1.54) is 18.3 Å². The van der Waals surface area contributed by atoms with Gasteiger partial charge in [-0.15, -0.1) is 0 Å². The SMILES string of the molecule is CN(CCCOc1cccc2ncnc(Nc3ccc(OCc4ccccn4)c(Cl)c3)c12)C(=O)O. The van der Waals surface area contributed by atoms with E-state index in [2.05, 4.69) is 20.3 Å². The zero-order valence-electron chi connectivity index (χ0n) is 19.0. The van der Waals surface area contributed by atoms with Crippen LogP contribution in [0.3, 0.4) is 0 Å². The van der Waals surface area contributed by atoms with Gasteiger partial charge in [0.1, 0.15) is 30.3 Å². The molecule has 35 heavy (non-hydrogen) atoms. The van der Waals surface area contributed by atoms with E-state index in [4.69, 9.17) is 26.2 Å². The highest BCUT2D eigenvalue weighted by atomic mass is 35.5. The third-order valence-electron chi connectivity index (χ3n) is 5.14. The van der Waals surface area contributed by atoms with E-state index in [9.17, 15) is 4.79 Å². The largest absolute Gasteiger partial charge is 0.493 e. The Bertz CT molecular complexity index is 1300. The van der Waals surface area contributed by atoms with Gasteiger partial charge in [0.15, 0.2) is 0 Å². The zero-order valence-corrected chi connectivity index (χ0v) is 19.8. The second kappa shape index (κ2) is 11.3. The molecule has 2 aromatic heterocycles. The van der Waals surface area contributed by atoms with Crippen molar-refractivity contribution in [3.63, 3.8) is 0 Å². The number of fused-ring (bicyclic) bond motifs is 1. The van der Waals surface area contributed by atoms with Gasteiger partial charge in [0, 0.05) is 25.5 Å². The fraction of sp³-hybridized carbons (Fsp3) is 0.200. The lowest BCUT2D eigenvalue weighted by Gasteiger charge is -2.15. The molecule has 0 atom stereocenters. The van der Waals surface area contributed by atoms with Crippen LogP contribution in [0.2, 0.25) is 5.02 Å². The topological polar surface area (TPSA) is 110 Å². The highest BCUT2D eigenvalue weighted by Crippen LogP contribution is 2.34. The van der Waals surface area contributed by atoms with E-state index < -0.39 is 6.09 Å². The minimum atomic E-state index is -0.971. The van der Waals surface area contributed by atoms with Crippen LogP contribution in [0.25, 0.3) is 10.9 Å². The van der Waals surface area contributed by atoms with Gasteiger partial charge in [-0.3, -0.25) is 4.98 Å². The molecular formula is C25H24ClN5O4. The first-order valence-corrected chi connectivity index (χ1v) is 11.3. The standard InChI is InChI=1S/C25H24ClN5O4/c1-31(25(32)33)12-5-13-34-22-8-4-7-20-23(22)24(29-16-28-20)30-17-9-10-21(19(26)14-17)35-15-18-6-2-3-11-27-18/h2-4,6-11,14,16H,5,12-13,15H2,1H3,(H,32,33)(H,28,29,30). The normalized spacial score (nSPS) is 10.7. The molecule has 0 saturated carbocycles. The molecule has 180 valence electrons. The van der Waals surface area contributed by atoms with E-state index in [1.54, 1.807) is 18.3 Å². The molecule has 0 bridgehead atoms. The van der Waals surface area contributed by atoms with Gasteiger partial charge in [0.2, 0.25) is 0 Å². The summed E-state index contributed by atoms with van der Waals surface area (Å²) in [7, 11) is 1.52. The number of pyridine rings is 1. The second-order valence-electron chi connectivity index (χ2n) is 7.66. The molecule has 4 aromatic rings. The van der Waals surface area contributed by atoms with Gasteiger partial charge in [-0.2, -0.15) is 0 Å². The number of hydrogen-bond acceptors (Lipinski definition) is 7. The lowest BCUT2D eigenvalue weighted by molar-refractivity contribution is 0.152. The summed E-state index contributed by atoms with van der Waals surface area (Å²) >= 11 is 6.46. The first kappa shape index (κ1) is 24.0. The Balaban J connectivity index is 1.47. The van der Waals surface area contributed by atoms with E-state index in [1.807, 2.05) is 42.5 Å². The van der Waals surface area contributed by atoms with Crippen molar-refractivity contribution in [2.75, 3.05) is 25.5 Å². The van der Waals surface area contributed by atoms with Crippen molar-refractivity contribution >= 4 is 40.1 Å². The zero-order chi connectivity index (χ0) is 24.6. The lowest BCUT2D eigenvalue weighted by atomic mass is 10.2. The van der Waals surface area contributed by atoms with E-state index in [0.717, 1.165) is 11.4 Å². The van der Waals surface area contributed by atoms with Crippen molar-refractivity contribution in [2.24, 2.45) is 0 Å². The third-order valence-corrected chi connectivity index (χ3v) is 5.44. The fourth-order valence-corrected chi connectivity index (χ4v) is 3.58. The van der Waals surface area contributed by atoms with Crippen molar-refractivity contribution < 1.29 is 19.4 Å². The number of benzene rings is 2.